The maximum absolute atomic E-state index is 12.5. The van der Waals surface area contributed by atoms with Crippen LogP contribution in [0, 0.1) is 11.8 Å². The number of carbonyl (C=O) groups is 2. The number of halogens is 1. The molecule has 31 heavy (non-hydrogen) atoms. The highest BCUT2D eigenvalue weighted by atomic mass is 35.5. The van der Waals surface area contributed by atoms with E-state index < -0.39 is 11.8 Å². The van der Waals surface area contributed by atoms with Crippen molar-refractivity contribution in [3.63, 3.8) is 0 Å². The van der Waals surface area contributed by atoms with Crippen molar-refractivity contribution in [1.29, 1.82) is 0 Å². The lowest BCUT2D eigenvalue weighted by Crippen LogP contribution is -2.54. The largest absolute Gasteiger partial charge is 0.444 e. The van der Waals surface area contributed by atoms with Crippen molar-refractivity contribution in [2.75, 3.05) is 31.5 Å². The number of hydrogen-bond acceptors (Lipinski definition) is 5. The smallest absolute Gasteiger partial charge is 0.410 e. The number of piperazine rings is 1. The molecule has 1 saturated heterocycles. The molecule has 3 N–H and O–H groups in total. The highest BCUT2D eigenvalue weighted by Crippen LogP contribution is 2.23. The van der Waals surface area contributed by atoms with Crippen molar-refractivity contribution in [3.05, 3.63) is 28.8 Å². The van der Waals surface area contributed by atoms with E-state index >= 15 is 0 Å². The van der Waals surface area contributed by atoms with Gasteiger partial charge in [-0.05, 0) is 52.8 Å². The summed E-state index contributed by atoms with van der Waals surface area (Å²) in [5, 5.41) is 15.7. The van der Waals surface area contributed by atoms with Gasteiger partial charge in [-0.15, -0.1) is 0 Å². The Kier molecular flexibility index (Phi) is 8.43. The fourth-order valence-corrected chi connectivity index (χ4v) is 3.03. The number of ether oxygens (including phenoxy) is 1. The molecule has 1 aliphatic rings. The van der Waals surface area contributed by atoms with E-state index in [1.54, 1.807) is 41.8 Å². The van der Waals surface area contributed by atoms with E-state index in [4.69, 9.17) is 16.3 Å². The molecule has 1 aliphatic heterocycles. The average Bonchev–Trinajstić information content (AvgIpc) is 2.67. The van der Waals surface area contributed by atoms with Crippen LogP contribution in [-0.2, 0) is 4.74 Å². The molecule has 2 rings (SSSR count). The van der Waals surface area contributed by atoms with Gasteiger partial charge in [-0.2, -0.15) is 0 Å². The second-order valence-corrected chi connectivity index (χ2v) is 8.82. The molecule has 2 unspecified atom stereocenters. The van der Waals surface area contributed by atoms with Gasteiger partial charge in [-0.3, -0.25) is 0 Å². The molecule has 1 aromatic rings. The number of carbonyl (C=O) groups excluding carboxylic acids is 2. The van der Waals surface area contributed by atoms with Gasteiger partial charge in [-0.1, -0.05) is 23.4 Å². The summed E-state index contributed by atoms with van der Waals surface area (Å²) in [5.74, 6) is 6.00. The molecular weight excluding hydrogens is 420 g/mol. The van der Waals surface area contributed by atoms with Gasteiger partial charge in [0.2, 0.25) is 0 Å². The molecule has 170 valence electrons. The first kappa shape index (κ1) is 24.6. The molecule has 8 nitrogen and oxygen atoms in total. The van der Waals surface area contributed by atoms with Crippen LogP contribution in [-0.4, -0.2) is 71.1 Å². The number of amides is 3. The van der Waals surface area contributed by atoms with Crippen molar-refractivity contribution in [1.82, 2.24) is 15.1 Å². The van der Waals surface area contributed by atoms with Gasteiger partial charge < -0.3 is 30.3 Å². The lowest BCUT2D eigenvalue weighted by molar-refractivity contribution is 0.0169. The van der Waals surface area contributed by atoms with Gasteiger partial charge in [0, 0.05) is 31.7 Å². The topological polar surface area (TPSA) is 94.1 Å². The number of aliphatic hydroxyl groups is 1. The van der Waals surface area contributed by atoms with Crippen molar-refractivity contribution in [2.24, 2.45) is 0 Å². The fraction of sp³-hybridized carbons (Fsp3) is 0.545. The van der Waals surface area contributed by atoms with Gasteiger partial charge in [-0.25, -0.2) is 9.59 Å². The summed E-state index contributed by atoms with van der Waals surface area (Å²) in [4.78, 5) is 27.9. The Balaban J connectivity index is 1.87. The Hall–Kier alpha value is -2.63. The van der Waals surface area contributed by atoms with E-state index in [2.05, 4.69) is 22.5 Å². The average molecular weight is 451 g/mol. The summed E-state index contributed by atoms with van der Waals surface area (Å²) in [6, 6.07) is 4.61. The molecule has 0 saturated carbocycles. The standard InChI is InChI=1S/C22H31ClN4O4/c1-15(6-7-17-8-9-18(23)19(14-17)25-16(2)28)24-20(29)26-10-12-27(13-11-26)21(30)31-22(3,4)5/h8-9,14-16,25,28H,10-13H2,1-5H3,(H,24,29). The molecular formula is C22H31ClN4O4. The second-order valence-electron chi connectivity index (χ2n) is 8.41. The summed E-state index contributed by atoms with van der Waals surface area (Å²) in [6.07, 6.45) is -1.10. The van der Waals surface area contributed by atoms with E-state index in [1.165, 1.54) is 0 Å². The lowest BCUT2D eigenvalue weighted by Gasteiger charge is -2.35. The Labute approximate surface area is 188 Å². The van der Waals surface area contributed by atoms with Crippen LogP contribution < -0.4 is 10.6 Å². The number of hydrogen-bond donors (Lipinski definition) is 3. The summed E-state index contributed by atoms with van der Waals surface area (Å²) >= 11 is 6.10. The zero-order valence-electron chi connectivity index (χ0n) is 18.7. The third-order valence-electron chi connectivity index (χ3n) is 4.32. The molecule has 0 bridgehead atoms. The van der Waals surface area contributed by atoms with Crippen molar-refractivity contribution < 1.29 is 19.4 Å². The van der Waals surface area contributed by atoms with Crippen molar-refractivity contribution in [3.8, 4) is 11.8 Å². The molecule has 0 aromatic heterocycles. The number of rotatable bonds is 3. The third-order valence-corrected chi connectivity index (χ3v) is 4.65. The van der Waals surface area contributed by atoms with Crippen LogP contribution in [0.15, 0.2) is 18.2 Å². The minimum atomic E-state index is -0.741. The highest BCUT2D eigenvalue weighted by molar-refractivity contribution is 6.33. The van der Waals surface area contributed by atoms with Crippen LogP contribution in [0.5, 0.6) is 0 Å². The molecule has 1 heterocycles. The van der Waals surface area contributed by atoms with E-state index in [0.29, 0.717) is 42.5 Å². The molecule has 1 aromatic carbocycles. The number of aliphatic hydroxyl groups excluding tert-OH is 1. The summed E-state index contributed by atoms with van der Waals surface area (Å²) in [6.45, 7) is 10.6. The minimum absolute atomic E-state index is 0.224. The van der Waals surface area contributed by atoms with E-state index in [1.807, 2.05) is 20.8 Å². The van der Waals surface area contributed by atoms with Gasteiger partial charge in [0.1, 0.15) is 11.8 Å². The highest BCUT2D eigenvalue weighted by Gasteiger charge is 2.27. The second kappa shape index (κ2) is 10.6. The number of anilines is 1. The van der Waals surface area contributed by atoms with Gasteiger partial charge >= 0.3 is 12.1 Å². The van der Waals surface area contributed by atoms with E-state index in [-0.39, 0.29) is 18.2 Å². The third kappa shape index (κ3) is 8.19. The Morgan fingerprint density at radius 3 is 2.35 bits per heavy atom. The molecule has 9 heteroatoms. The predicted octanol–water partition coefficient (Wildman–Crippen LogP) is 3.09. The first-order chi connectivity index (χ1) is 14.4. The molecule has 2 atom stereocenters. The molecule has 0 aliphatic carbocycles. The van der Waals surface area contributed by atoms with Crippen LogP contribution in [0.2, 0.25) is 5.02 Å². The van der Waals surface area contributed by atoms with Crippen LogP contribution in [0.1, 0.15) is 40.2 Å². The predicted molar refractivity (Wildman–Crippen MR) is 121 cm³/mol. The minimum Gasteiger partial charge on any atom is -0.444 e. The molecule has 0 radical (unpaired) electrons. The normalized spacial score (nSPS) is 16.0. The summed E-state index contributed by atoms with van der Waals surface area (Å²) in [5.41, 5.74) is 0.749. The molecule has 3 amide bonds. The first-order valence-corrected chi connectivity index (χ1v) is 10.6. The van der Waals surface area contributed by atoms with Crippen molar-refractivity contribution in [2.45, 2.75) is 52.5 Å². The van der Waals surface area contributed by atoms with E-state index in [0.717, 1.165) is 0 Å². The Bertz CT molecular complexity index is 849. The molecule has 1 fully saturated rings. The SMILES string of the molecule is CC(O)Nc1cc(C#CC(C)NC(=O)N2CCN(C(=O)OC(C)(C)C)CC2)ccc1Cl. The van der Waals surface area contributed by atoms with Crippen molar-refractivity contribution >= 4 is 29.4 Å². The Morgan fingerprint density at radius 2 is 1.77 bits per heavy atom. The lowest BCUT2D eigenvalue weighted by atomic mass is 10.2. The number of benzene rings is 1. The van der Waals surface area contributed by atoms with Crippen LogP contribution in [0.25, 0.3) is 0 Å². The fourth-order valence-electron chi connectivity index (χ4n) is 2.86. The first-order valence-electron chi connectivity index (χ1n) is 10.2. The zero-order valence-corrected chi connectivity index (χ0v) is 19.4. The monoisotopic (exact) mass is 450 g/mol. The van der Waals surface area contributed by atoms with Gasteiger partial charge in [0.15, 0.2) is 0 Å². The summed E-state index contributed by atoms with van der Waals surface area (Å²) in [7, 11) is 0. The van der Waals surface area contributed by atoms with Crippen LogP contribution in [0.3, 0.4) is 0 Å². The Morgan fingerprint density at radius 1 is 1.16 bits per heavy atom. The zero-order chi connectivity index (χ0) is 23.2. The maximum Gasteiger partial charge on any atom is 0.410 e. The number of nitrogens with one attached hydrogen (secondary N) is 2. The van der Waals surface area contributed by atoms with Crippen LogP contribution in [0.4, 0.5) is 15.3 Å². The van der Waals surface area contributed by atoms with Gasteiger partial charge in [0.25, 0.3) is 0 Å². The molecule has 0 spiro atoms. The quantitative estimate of drug-likeness (QED) is 0.486. The van der Waals surface area contributed by atoms with Crippen LogP contribution >= 0.6 is 11.6 Å². The number of nitrogens with zero attached hydrogens (tertiary/aromatic N) is 2. The maximum atomic E-state index is 12.5. The van der Waals surface area contributed by atoms with E-state index in [9.17, 15) is 14.7 Å². The van der Waals surface area contributed by atoms with Gasteiger partial charge in [0.05, 0.1) is 16.8 Å². The summed E-state index contributed by atoms with van der Waals surface area (Å²) < 4.78 is 5.37. The number of urea groups is 1.